The Labute approximate surface area is 82.3 Å². The van der Waals surface area contributed by atoms with Crippen LogP contribution in [0.3, 0.4) is 0 Å². The van der Waals surface area contributed by atoms with Crippen molar-refractivity contribution in [2.75, 3.05) is 30.5 Å². The highest BCUT2D eigenvalue weighted by atomic mass is 32.2. The summed E-state index contributed by atoms with van der Waals surface area (Å²) in [5, 5.41) is 8.42. The Balaban J connectivity index is 3.03. The Morgan fingerprint density at radius 3 is 2.83 bits per heavy atom. The number of ether oxygens (including phenoxy) is 1. The molecule has 0 bridgehead atoms. The normalized spacial score (nSPS) is 9.83. The van der Waals surface area contributed by atoms with Crippen molar-refractivity contribution in [2.24, 2.45) is 0 Å². The molecule has 0 aromatic heterocycles. The van der Waals surface area contributed by atoms with E-state index in [1.54, 1.807) is 11.8 Å². The molecule has 0 spiro atoms. The van der Waals surface area contributed by atoms with Gasteiger partial charge in [-0.05, 0) is 0 Å². The highest BCUT2D eigenvalue weighted by Crippen LogP contribution is 1.98. The Bertz CT molecular complexity index is 119. The van der Waals surface area contributed by atoms with E-state index < -0.39 is 0 Å². The summed E-state index contributed by atoms with van der Waals surface area (Å²) >= 11 is 5.47. The van der Waals surface area contributed by atoms with Gasteiger partial charge in [0.05, 0.1) is 13.0 Å². The molecule has 1 N–H and O–H groups in total. The van der Waals surface area contributed by atoms with E-state index in [0.717, 1.165) is 5.75 Å². The summed E-state index contributed by atoms with van der Waals surface area (Å²) in [7, 11) is 0. The van der Waals surface area contributed by atoms with E-state index >= 15 is 0 Å². The van der Waals surface area contributed by atoms with E-state index in [2.05, 4.69) is 12.6 Å². The molecule has 0 fully saturated rings. The van der Waals surface area contributed by atoms with Gasteiger partial charge in [-0.15, -0.1) is 0 Å². The number of carbonyl (C=O) groups excluding carboxylic acids is 1. The van der Waals surface area contributed by atoms with E-state index in [9.17, 15) is 4.79 Å². The van der Waals surface area contributed by atoms with Crippen LogP contribution in [0.5, 0.6) is 0 Å². The largest absolute Gasteiger partial charge is 0.465 e. The molecule has 0 saturated heterocycles. The highest BCUT2D eigenvalue weighted by molar-refractivity contribution is 7.99. The van der Waals surface area contributed by atoms with Gasteiger partial charge in [-0.25, -0.2) is 0 Å². The predicted octanol–water partition coefficient (Wildman–Crippen LogP) is 0.575. The molecule has 3 nitrogen and oxygen atoms in total. The summed E-state index contributed by atoms with van der Waals surface area (Å²) in [6.07, 6.45) is 0.369. The number of carbonyl (C=O) groups is 1. The van der Waals surface area contributed by atoms with Crippen molar-refractivity contribution in [2.45, 2.75) is 6.42 Å². The first kappa shape index (κ1) is 12.1. The maximum Gasteiger partial charge on any atom is 0.306 e. The van der Waals surface area contributed by atoms with Gasteiger partial charge in [-0.2, -0.15) is 24.4 Å². The lowest BCUT2D eigenvalue weighted by Crippen LogP contribution is -2.08. The molecule has 0 aromatic carbocycles. The minimum atomic E-state index is -0.199. The predicted molar refractivity (Wildman–Crippen MR) is 53.8 cm³/mol. The second-order valence-electron chi connectivity index (χ2n) is 2.03. The number of aliphatic hydroxyl groups excluding tert-OH is 1. The SMILES string of the molecule is O=C(CCS)OCCSCCO. The average molecular weight is 210 g/mol. The number of thioether (sulfide) groups is 1. The summed E-state index contributed by atoms with van der Waals surface area (Å²) in [5.41, 5.74) is 0. The minimum absolute atomic E-state index is 0.176. The number of esters is 1. The third kappa shape index (κ3) is 8.23. The van der Waals surface area contributed by atoms with Gasteiger partial charge in [0.25, 0.3) is 0 Å². The molecule has 0 heterocycles. The molecular weight excluding hydrogens is 196 g/mol. The lowest BCUT2D eigenvalue weighted by atomic mass is 10.5. The average Bonchev–Trinajstić information content (AvgIpc) is 2.05. The van der Waals surface area contributed by atoms with Crippen LogP contribution < -0.4 is 0 Å². The number of aliphatic hydroxyl groups is 1. The molecule has 0 saturated carbocycles. The maximum atomic E-state index is 10.7. The quantitative estimate of drug-likeness (QED) is 0.366. The zero-order valence-corrected chi connectivity index (χ0v) is 8.57. The maximum absolute atomic E-state index is 10.7. The van der Waals surface area contributed by atoms with Gasteiger partial charge >= 0.3 is 5.97 Å². The van der Waals surface area contributed by atoms with Gasteiger partial charge in [0, 0.05) is 17.3 Å². The topological polar surface area (TPSA) is 46.5 Å². The fourth-order valence-electron chi connectivity index (χ4n) is 0.544. The van der Waals surface area contributed by atoms with Crippen LogP contribution in [-0.4, -0.2) is 41.5 Å². The smallest absolute Gasteiger partial charge is 0.306 e. The van der Waals surface area contributed by atoms with E-state index in [1.165, 1.54) is 0 Å². The van der Waals surface area contributed by atoms with Crippen molar-refractivity contribution in [1.82, 2.24) is 0 Å². The zero-order valence-electron chi connectivity index (χ0n) is 6.86. The molecule has 0 atom stereocenters. The Hall–Kier alpha value is 0.130. The molecule has 0 amide bonds. The Morgan fingerprint density at radius 1 is 1.50 bits per heavy atom. The zero-order chi connectivity index (χ0) is 9.23. The first-order valence-corrected chi connectivity index (χ1v) is 5.55. The molecule has 72 valence electrons. The summed E-state index contributed by atoms with van der Waals surface area (Å²) in [6, 6.07) is 0. The second-order valence-corrected chi connectivity index (χ2v) is 3.70. The third-order valence-electron chi connectivity index (χ3n) is 1.04. The first-order valence-electron chi connectivity index (χ1n) is 3.76. The van der Waals surface area contributed by atoms with Crippen molar-refractivity contribution in [1.29, 1.82) is 0 Å². The van der Waals surface area contributed by atoms with Crippen LogP contribution >= 0.6 is 24.4 Å². The van der Waals surface area contributed by atoms with E-state index in [4.69, 9.17) is 9.84 Å². The van der Waals surface area contributed by atoms with Crippen LogP contribution in [0.1, 0.15) is 6.42 Å². The van der Waals surface area contributed by atoms with E-state index in [1.807, 2.05) is 0 Å². The Kier molecular flexibility index (Phi) is 9.32. The van der Waals surface area contributed by atoms with Gasteiger partial charge in [0.1, 0.15) is 6.61 Å². The molecule has 0 aromatic rings. The van der Waals surface area contributed by atoms with Gasteiger partial charge in [-0.3, -0.25) is 4.79 Å². The van der Waals surface area contributed by atoms with E-state index in [-0.39, 0.29) is 12.6 Å². The molecular formula is C7H14O3S2. The molecule has 0 aliphatic heterocycles. The number of thiol groups is 1. The van der Waals surface area contributed by atoms with Crippen LogP contribution in [0.4, 0.5) is 0 Å². The summed E-state index contributed by atoms with van der Waals surface area (Å²) in [4.78, 5) is 10.7. The third-order valence-corrected chi connectivity index (χ3v) is 2.19. The standard InChI is InChI=1S/C7H14O3S2/c8-2-5-12-6-3-10-7(9)1-4-11/h8,11H,1-6H2. The van der Waals surface area contributed by atoms with Crippen LogP contribution in [0.25, 0.3) is 0 Å². The first-order chi connectivity index (χ1) is 5.81. The van der Waals surface area contributed by atoms with E-state index in [0.29, 0.717) is 24.5 Å². The van der Waals surface area contributed by atoms with Gasteiger partial charge in [0.2, 0.25) is 0 Å². The van der Waals surface area contributed by atoms with Crippen molar-refractivity contribution in [3.8, 4) is 0 Å². The molecule has 0 unspecified atom stereocenters. The number of rotatable bonds is 7. The molecule has 0 radical (unpaired) electrons. The molecule has 12 heavy (non-hydrogen) atoms. The Morgan fingerprint density at radius 2 is 2.25 bits per heavy atom. The lowest BCUT2D eigenvalue weighted by Gasteiger charge is -2.02. The summed E-state index contributed by atoms with van der Waals surface area (Å²) in [5.74, 6) is 1.78. The van der Waals surface area contributed by atoms with Crippen molar-refractivity contribution >= 4 is 30.4 Å². The van der Waals surface area contributed by atoms with Crippen LogP contribution in [0, 0.1) is 0 Å². The van der Waals surface area contributed by atoms with Crippen LogP contribution in [0.15, 0.2) is 0 Å². The number of hydrogen-bond acceptors (Lipinski definition) is 5. The van der Waals surface area contributed by atoms with Gasteiger partial charge in [0.15, 0.2) is 0 Å². The monoisotopic (exact) mass is 210 g/mol. The second kappa shape index (κ2) is 9.22. The summed E-state index contributed by atoms with van der Waals surface area (Å²) in [6.45, 7) is 0.604. The van der Waals surface area contributed by atoms with Crippen LogP contribution in [-0.2, 0) is 9.53 Å². The highest BCUT2D eigenvalue weighted by Gasteiger charge is 1.99. The fraction of sp³-hybridized carbons (Fsp3) is 0.857. The molecule has 5 heteroatoms. The van der Waals surface area contributed by atoms with Crippen molar-refractivity contribution < 1.29 is 14.6 Å². The molecule has 0 aliphatic carbocycles. The number of hydrogen-bond donors (Lipinski definition) is 2. The van der Waals surface area contributed by atoms with Crippen LogP contribution in [0.2, 0.25) is 0 Å². The molecule has 0 rings (SSSR count). The van der Waals surface area contributed by atoms with Gasteiger partial charge in [-0.1, -0.05) is 0 Å². The van der Waals surface area contributed by atoms with Crippen molar-refractivity contribution in [3.05, 3.63) is 0 Å². The van der Waals surface area contributed by atoms with Crippen molar-refractivity contribution in [3.63, 3.8) is 0 Å². The minimum Gasteiger partial charge on any atom is -0.465 e. The fourth-order valence-corrected chi connectivity index (χ4v) is 1.26. The van der Waals surface area contributed by atoms with Gasteiger partial charge < -0.3 is 9.84 Å². The lowest BCUT2D eigenvalue weighted by molar-refractivity contribution is -0.142. The summed E-state index contributed by atoms with van der Waals surface area (Å²) < 4.78 is 4.84. The molecule has 0 aliphatic rings.